The third-order valence-electron chi connectivity index (χ3n) is 2.31. The topological polar surface area (TPSA) is 46.6 Å². The Morgan fingerprint density at radius 3 is 2.79 bits per heavy atom. The lowest BCUT2D eigenvalue weighted by molar-refractivity contribution is -0.146. The lowest BCUT2D eigenvalue weighted by atomic mass is 10.2. The Hall–Kier alpha value is -2.17. The van der Waals surface area contributed by atoms with E-state index >= 15 is 0 Å². The number of hydrogen-bond acceptors (Lipinski definition) is 3. The molecule has 1 aromatic rings. The summed E-state index contributed by atoms with van der Waals surface area (Å²) in [6.07, 6.45) is 2.78. The molecule has 1 amide bonds. The molecule has 0 saturated heterocycles. The number of benzene rings is 1. The Balaban J connectivity index is 2.56. The van der Waals surface area contributed by atoms with Gasteiger partial charge in [0.25, 0.3) is 0 Å². The van der Waals surface area contributed by atoms with Crippen molar-refractivity contribution in [1.82, 2.24) is 4.90 Å². The number of likely N-dealkylation sites (N-methyl/N-ethyl adjacent to an activating group) is 1. The number of halogens is 1. The Labute approximate surface area is 111 Å². The van der Waals surface area contributed by atoms with E-state index in [-0.39, 0.29) is 24.9 Å². The van der Waals surface area contributed by atoms with Crippen LogP contribution in [-0.4, -0.2) is 37.0 Å². The Morgan fingerprint density at radius 2 is 2.16 bits per heavy atom. The number of rotatable bonds is 5. The highest BCUT2D eigenvalue weighted by Gasteiger charge is 2.10. The highest BCUT2D eigenvalue weighted by atomic mass is 19.1. The zero-order valence-electron chi connectivity index (χ0n) is 10.9. The van der Waals surface area contributed by atoms with Gasteiger partial charge in [0.1, 0.15) is 12.4 Å². The largest absolute Gasteiger partial charge is 0.465 e. The fourth-order valence-corrected chi connectivity index (χ4v) is 1.38. The van der Waals surface area contributed by atoms with Crippen LogP contribution in [0.4, 0.5) is 4.39 Å². The first-order valence-electron chi connectivity index (χ1n) is 5.87. The molecule has 0 N–H and O–H groups in total. The molecule has 1 aromatic carbocycles. The second-order valence-corrected chi connectivity index (χ2v) is 3.89. The van der Waals surface area contributed by atoms with Crippen LogP contribution in [0.3, 0.4) is 0 Å². The molecule has 0 spiro atoms. The number of nitrogens with zero attached hydrogens (tertiary/aromatic N) is 1. The maximum Gasteiger partial charge on any atom is 0.325 e. The van der Waals surface area contributed by atoms with Gasteiger partial charge in [-0.2, -0.15) is 0 Å². The van der Waals surface area contributed by atoms with E-state index in [1.165, 1.54) is 36.2 Å². The van der Waals surface area contributed by atoms with Gasteiger partial charge in [-0.15, -0.1) is 0 Å². The second-order valence-electron chi connectivity index (χ2n) is 3.89. The van der Waals surface area contributed by atoms with Crippen LogP contribution in [0.25, 0.3) is 6.08 Å². The summed E-state index contributed by atoms with van der Waals surface area (Å²) in [5, 5.41) is 0. The van der Waals surface area contributed by atoms with Gasteiger partial charge in [0, 0.05) is 13.1 Å². The molecule has 5 heteroatoms. The molecule has 0 aliphatic carbocycles. The number of carbonyl (C=O) groups is 2. The van der Waals surface area contributed by atoms with Crippen molar-refractivity contribution in [1.29, 1.82) is 0 Å². The number of ether oxygens (including phenoxy) is 1. The molecule has 0 bridgehead atoms. The quantitative estimate of drug-likeness (QED) is 0.603. The second kappa shape index (κ2) is 7.31. The maximum atomic E-state index is 12.9. The van der Waals surface area contributed by atoms with Gasteiger partial charge < -0.3 is 9.64 Å². The fraction of sp³-hybridized carbons (Fsp3) is 0.286. The molecule has 1 rings (SSSR count). The van der Waals surface area contributed by atoms with Crippen molar-refractivity contribution in [2.45, 2.75) is 6.92 Å². The van der Waals surface area contributed by atoms with Gasteiger partial charge >= 0.3 is 5.97 Å². The zero-order chi connectivity index (χ0) is 14.3. The van der Waals surface area contributed by atoms with Crippen molar-refractivity contribution in [3.8, 4) is 0 Å². The summed E-state index contributed by atoms with van der Waals surface area (Å²) >= 11 is 0. The van der Waals surface area contributed by atoms with Crippen molar-refractivity contribution in [2.75, 3.05) is 20.2 Å². The van der Waals surface area contributed by atoms with Gasteiger partial charge in [-0.1, -0.05) is 12.1 Å². The molecule has 4 nitrogen and oxygen atoms in total. The maximum absolute atomic E-state index is 12.9. The van der Waals surface area contributed by atoms with E-state index in [0.717, 1.165) is 0 Å². The summed E-state index contributed by atoms with van der Waals surface area (Å²) in [4.78, 5) is 24.1. The van der Waals surface area contributed by atoms with E-state index in [9.17, 15) is 14.0 Å². The van der Waals surface area contributed by atoms with Gasteiger partial charge in [-0.3, -0.25) is 9.59 Å². The van der Waals surface area contributed by atoms with E-state index in [1.807, 2.05) is 0 Å². The molecule has 0 heterocycles. The zero-order valence-corrected chi connectivity index (χ0v) is 10.9. The minimum Gasteiger partial charge on any atom is -0.465 e. The van der Waals surface area contributed by atoms with E-state index in [0.29, 0.717) is 5.56 Å². The Morgan fingerprint density at radius 1 is 1.42 bits per heavy atom. The Bertz CT molecular complexity index is 485. The molecule has 0 aliphatic rings. The first kappa shape index (κ1) is 14.9. The molecule has 0 aromatic heterocycles. The van der Waals surface area contributed by atoms with Crippen LogP contribution >= 0.6 is 0 Å². The lowest BCUT2D eigenvalue weighted by Gasteiger charge is -2.13. The molecule has 19 heavy (non-hydrogen) atoms. The molecule has 0 saturated carbocycles. The molecule has 0 aliphatic heterocycles. The monoisotopic (exact) mass is 265 g/mol. The van der Waals surface area contributed by atoms with Crippen LogP contribution in [0.2, 0.25) is 0 Å². The molecule has 0 fully saturated rings. The summed E-state index contributed by atoms with van der Waals surface area (Å²) in [6.45, 7) is 1.86. The van der Waals surface area contributed by atoms with Gasteiger partial charge in [-0.05, 0) is 30.7 Å². The number of esters is 1. The number of hydrogen-bond donors (Lipinski definition) is 0. The normalized spacial score (nSPS) is 10.5. The van der Waals surface area contributed by atoms with Crippen LogP contribution in [0.5, 0.6) is 0 Å². The number of amides is 1. The van der Waals surface area contributed by atoms with Crippen LogP contribution in [-0.2, 0) is 14.3 Å². The average Bonchev–Trinajstić information content (AvgIpc) is 2.36. The summed E-state index contributed by atoms with van der Waals surface area (Å²) in [5.41, 5.74) is 0.581. The van der Waals surface area contributed by atoms with Crippen LogP contribution in [0.15, 0.2) is 30.3 Å². The Kier molecular flexibility index (Phi) is 5.73. The first-order chi connectivity index (χ1) is 9.02. The third kappa shape index (κ3) is 5.33. The van der Waals surface area contributed by atoms with Crippen molar-refractivity contribution in [3.05, 3.63) is 41.7 Å². The minimum atomic E-state index is -0.461. The summed E-state index contributed by atoms with van der Waals surface area (Å²) in [6, 6.07) is 5.88. The van der Waals surface area contributed by atoms with E-state index in [1.54, 1.807) is 19.1 Å². The molecular weight excluding hydrogens is 249 g/mol. The molecular formula is C14H16FNO3. The van der Waals surface area contributed by atoms with Crippen molar-refractivity contribution in [3.63, 3.8) is 0 Å². The highest BCUT2D eigenvalue weighted by molar-refractivity contribution is 5.93. The smallest absolute Gasteiger partial charge is 0.325 e. The predicted octanol–water partition coefficient (Wildman–Crippen LogP) is 1.86. The van der Waals surface area contributed by atoms with Gasteiger partial charge in [-0.25, -0.2) is 4.39 Å². The molecule has 102 valence electrons. The molecule has 0 atom stereocenters. The summed E-state index contributed by atoms with van der Waals surface area (Å²) in [5.74, 6) is -1.18. The SMILES string of the molecule is CCOC(=O)CN(C)C(=O)C=Cc1cccc(F)c1. The average molecular weight is 265 g/mol. The highest BCUT2D eigenvalue weighted by Crippen LogP contribution is 2.05. The molecule has 0 unspecified atom stereocenters. The van der Waals surface area contributed by atoms with Crippen LogP contribution < -0.4 is 0 Å². The first-order valence-corrected chi connectivity index (χ1v) is 5.87. The fourth-order valence-electron chi connectivity index (χ4n) is 1.38. The van der Waals surface area contributed by atoms with Crippen molar-refractivity contribution < 1.29 is 18.7 Å². The lowest BCUT2D eigenvalue weighted by Crippen LogP contribution is -2.31. The predicted molar refractivity (Wildman–Crippen MR) is 69.7 cm³/mol. The van der Waals surface area contributed by atoms with E-state index < -0.39 is 5.97 Å². The van der Waals surface area contributed by atoms with Gasteiger partial charge in [0.05, 0.1) is 6.61 Å². The van der Waals surface area contributed by atoms with Crippen LogP contribution in [0.1, 0.15) is 12.5 Å². The molecule has 0 radical (unpaired) electrons. The van der Waals surface area contributed by atoms with Crippen LogP contribution in [0, 0.1) is 5.82 Å². The van der Waals surface area contributed by atoms with E-state index in [2.05, 4.69) is 0 Å². The van der Waals surface area contributed by atoms with Crippen molar-refractivity contribution >= 4 is 18.0 Å². The summed E-state index contributed by atoms with van der Waals surface area (Å²) < 4.78 is 17.7. The number of carbonyl (C=O) groups excluding carboxylic acids is 2. The minimum absolute atomic E-state index is 0.111. The van der Waals surface area contributed by atoms with Gasteiger partial charge in [0.2, 0.25) is 5.91 Å². The van der Waals surface area contributed by atoms with Gasteiger partial charge in [0.15, 0.2) is 0 Å². The third-order valence-corrected chi connectivity index (χ3v) is 2.31. The summed E-state index contributed by atoms with van der Waals surface area (Å²) in [7, 11) is 1.50. The van der Waals surface area contributed by atoms with Crippen molar-refractivity contribution in [2.24, 2.45) is 0 Å². The van der Waals surface area contributed by atoms with E-state index in [4.69, 9.17) is 4.74 Å². The standard InChI is InChI=1S/C14H16FNO3/c1-3-19-14(18)10-16(2)13(17)8-7-11-5-4-6-12(15)9-11/h4-9H,3,10H2,1-2H3.